The van der Waals surface area contributed by atoms with Crippen LogP contribution >= 0.6 is 0 Å². The summed E-state index contributed by atoms with van der Waals surface area (Å²) in [6, 6.07) is 5.67. The summed E-state index contributed by atoms with van der Waals surface area (Å²) in [7, 11) is 1.61. The Balaban J connectivity index is 1.78. The topological polar surface area (TPSA) is 67.4 Å². The number of ether oxygens (including phenoxy) is 1. The van der Waals surface area contributed by atoms with Gasteiger partial charge in [0, 0.05) is 24.1 Å². The normalized spacial score (nSPS) is 14.9. The highest BCUT2D eigenvalue weighted by Crippen LogP contribution is 2.38. The largest absolute Gasteiger partial charge is 0.481 e. The molecule has 0 bridgehead atoms. The van der Waals surface area contributed by atoms with E-state index >= 15 is 0 Å². The lowest BCUT2D eigenvalue weighted by Crippen LogP contribution is -2.35. The molecule has 3 aromatic rings. The van der Waals surface area contributed by atoms with Crippen LogP contribution in [0.5, 0.6) is 5.75 Å². The Kier molecular flexibility index (Phi) is 4.95. The number of aromatic nitrogens is 2. The van der Waals surface area contributed by atoms with Crippen LogP contribution in [0.15, 0.2) is 30.3 Å². The van der Waals surface area contributed by atoms with Crippen LogP contribution in [0.2, 0.25) is 0 Å². The van der Waals surface area contributed by atoms with Crippen molar-refractivity contribution in [3.8, 4) is 5.75 Å². The average Bonchev–Trinajstić information content (AvgIpc) is 2.69. The van der Waals surface area contributed by atoms with Crippen molar-refractivity contribution < 1.29 is 27.1 Å². The van der Waals surface area contributed by atoms with Gasteiger partial charge < -0.3 is 15.0 Å². The van der Waals surface area contributed by atoms with Crippen LogP contribution in [-0.2, 0) is 11.0 Å². The smallest absolute Gasteiger partial charge is 0.419 e. The number of hydrogen-bond acceptors (Lipinski definition) is 5. The predicted octanol–water partition coefficient (Wildman–Crippen LogP) is 4.62. The van der Waals surface area contributed by atoms with Gasteiger partial charge in [0.2, 0.25) is 0 Å². The summed E-state index contributed by atoms with van der Waals surface area (Å²) in [5.74, 6) is -0.362. The second kappa shape index (κ2) is 7.36. The van der Waals surface area contributed by atoms with Crippen molar-refractivity contribution in [2.75, 3.05) is 23.9 Å². The highest BCUT2D eigenvalue weighted by atomic mass is 19.4. The molecule has 0 saturated heterocycles. The highest BCUT2D eigenvalue weighted by molar-refractivity contribution is 6.02. The van der Waals surface area contributed by atoms with Crippen molar-refractivity contribution in [1.82, 2.24) is 9.97 Å². The molecule has 1 amide bonds. The molecule has 0 fully saturated rings. The van der Waals surface area contributed by atoms with Gasteiger partial charge in [0.1, 0.15) is 23.2 Å². The fourth-order valence-electron chi connectivity index (χ4n) is 3.51. The van der Waals surface area contributed by atoms with E-state index in [2.05, 4.69) is 15.3 Å². The molecule has 31 heavy (non-hydrogen) atoms. The minimum absolute atomic E-state index is 0.0873. The van der Waals surface area contributed by atoms with Gasteiger partial charge in [0.25, 0.3) is 5.91 Å². The molecule has 1 aromatic heterocycles. The van der Waals surface area contributed by atoms with Crippen LogP contribution in [0.4, 0.5) is 29.1 Å². The first-order chi connectivity index (χ1) is 14.6. The minimum Gasteiger partial charge on any atom is -0.481 e. The van der Waals surface area contributed by atoms with E-state index in [1.54, 1.807) is 33.0 Å². The molecule has 1 N–H and O–H groups in total. The van der Waals surface area contributed by atoms with Gasteiger partial charge in [-0.3, -0.25) is 4.79 Å². The van der Waals surface area contributed by atoms with Crippen LogP contribution in [0.1, 0.15) is 29.9 Å². The van der Waals surface area contributed by atoms with Crippen LogP contribution in [-0.4, -0.2) is 29.5 Å². The van der Waals surface area contributed by atoms with Crippen LogP contribution < -0.4 is 15.0 Å². The van der Waals surface area contributed by atoms with Gasteiger partial charge in [-0.2, -0.15) is 13.2 Å². The van der Waals surface area contributed by atoms with Gasteiger partial charge in [-0.05, 0) is 26.0 Å². The molecule has 0 aliphatic carbocycles. The van der Waals surface area contributed by atoms with Gasteiger partial charge in [0.15, 0.2) is 6.61 Å². The van der Waals surface area contributed by atoms with Crippen LogP contribution in [0.3, 0.4) is 0 Å². The van der Waals surface area contributed by atoms with Gasteiger partial charge in [-0.1, -0.05) is 12.1 Å². The Morgan fingerprint density at radius 3 is 2.68 bits per heavy atom. The van der Waals surface area contributed by atoms with Crippen molar-refractivity contribution in [1.29, 1.82) is 0 Å². The molecule has 1 atom stereocenters. The van der Waals surface area contributed by atoms with E-state index in [-0.39, 0.29) is 18.1 Å². The predicted molar refractivity (Wildman–Crippen MR) is 107 cm³/mol. The summed E-state index contributed by atoms with van der Waals surface area (Å²) >= 11 is 0. The first-order valence-corrected chi connectivity index (χ1v) is 9.40. The standard InChI is InChI=1S/C21H18F4N4O2/c1-10(12-5-4-6-14(19(12)22)21(23,24)25)26-20-13-7-16-17(31-9-18(30)29(16)3)8-15(13)27-11(2)28-20/h4-8,10H,9H2,1-3H3,(H,26,27,28). The van der Waals surface area contributed by atoms with E-state index in [0.29, 0.717) is 40.0 Å². The average molecular weight is 434 g/mol. The number of nitrogens with zero attached hydrogens (tertiary/aromatic N) is 3. The quantitative estimate of drug-likeness (QED) is 0.609. The number of hydrogen-bond donors (Lipinski definition) is 1. The number of aryl methyl sites for hydroxylation is 1. The molecule has 1 aliphatic heterocycles. The molecular formula is C21H18F4N4O2. The van der Waals surface area contributed by atoms with Crippen molar-refractivity contribution in [2.45, 2.75) is 26.1 Å². The first-order valence-electron chi connectivity index (χ1n) is 9.40. The molecule has 10 heteroatoms. The van der Waals surface area contributed by atoms with E-state index in [1.165, 1.54) is 11.0 Å². The lowest BCUT2D eigenvalue weighted by atomic mass is 10.0. The zero-order valence-electron chi connectivity index (χ0n) is 16.8. The number of carbonyl (C=O) groups excluding carboxylic acids is 1. The van der Waals surface area contributed by atoms with Crippen LogP contribution in [0.25, 0.3) is 10.9 Å². The molecule has 6 nitrogen and oxygen atoms in total. The summed E-state index contributed by atoms with van der Waals surface area (Å²) in [6.07, 6.45) is -4.80. The van der Waals surface area contributed by atoms with Gasteiger partial charge in [0.05, 0.1) is 22.8 Å². The molecule has 0 radical (unpaired) electrons. The van der Waals surface area contributed by atoms with E-state index < -0.39 is 23.6 Å². The number of benzene rings is 2. The first kappa shape index (κ1) is 20.8. The maximum atomic E-state index is 14.6. The number of amides is 1. The summed E-state index contributed by atoms with van der Waals surface area (Å²) in [5, 5.41) is 3.51. The zero-order chi connectivity index (χ0) is 22.5. The third-order valence-electron chi connectivity index (χ3n) is 5.13. The van der Waals surface area contributed by atoms with Crippen molar-refractivity contribution in [3.05, 3.63) is 53.1 Å². The Morgan fingerprint density at radius 1 is 1.23 bits per heavy atom. The third kappa shape index (κ3) is 3.73. The number of carbonyl (C=O) groups is 1. The molecule has 4 rings (SSSR count). The SMILES string of the molecule is Cc1nc(NC(C)c2cccc(C(F)(F)F)c2F)c2cc3c(cc2n1)OCC(=O)N3C. The zero-order valence-corrected chi connectivity index (χ0v) is 16.8. The molecule has 0 saturated carbocycles. The molecule has 1 unspecified atom stereocenters. The summed E-state index contributed by atoms with van der Waals surface area (Å²) in [4.78, 5) is 22.1. The Bertz CT molecular complexity index is 1200. The number of rotatable bonds is 3. The van der Waals surface area contributed by atoms with Crippen molar-refractivity contribution in [3.63, 3.8) is 0 Å². The van der Waals surface area contributed by atoms with Crippen LogP contribution in [0, 0.1) is 12.7 Å². The lowest BCUT2D eigenvalue weighted by Gasteiger charge is -2.26. The summed E-state index contributed by atoms with van der Waals surface area (Å²) < 4.78 is 59.3. The lowest BCUT2D eigenvalue weighted by molar-refractivity contribution is -0.140. The fourth-order valence-corrected chi connectivity index (χ4v) is 3.51. The number of anilines is 2. The Morgan fingerprint density at radius 2 is 1.97 bits per heavy atom. The Hall–Kier alpha value is -3.43. The molecule has 1 aliphatic rings. The van der Waals surface area contributed by atoms with Gasteiger partial charge >= 0.3 is 6.18 Å². The molecular weight excluding hydrogens is 416 g/mol. The van der Waals surface area contributed by atoms with Crippen molar-refractivity contribution in [2.24, 2.45) is 0 Å². The molecule has 2 aromatic carbocycles. The minimum atomic E-state index is -4.80. The van der Waals surface area contributed by atoms with E-state index in [4.69, 9.17) is 4.74 Å². The molecule has 162 valence electrons. The number of fused-ring (bicyclic) bond motifs is 2. The Labute approximate surface area is 174 Å². The van der Waals surface area contributed by atoms with E-state index in [9.17, 15) is 22.4 Å². The van der Waals surface area contributed by atoms with Gasteiger partial charge in [-0.25, -0.2) is 14.4 Å². The van der Waals surface area contributed by atoms with E-state index in [0.717, 1.165) is 6.07 Å². The summed E-state index contributed by atoms with van der Waals surface area (Å²) in [5.41, 5.74) is -0.438. The maximum Gasteiger partial charge on any atom is 0.419 e. The maximum absolute atomic E-state index is 14.6. The van der Waals surface area contributed by atoms with Gasteiger partial charge in [-0.15, -0.1) is 0 Å². The number of alkyl halides is 3. The number of nitrogens with one attached hydrogen (secondary N) is 1. The highest BCUT2D eigenvalue weighted by Gasteiger charge is 2.35. The second-order valence-electron chi connectivity index (χ2n) is 7.27. The third-order valence-corrected chi connectivity index (χ3v) is 5.13. The number of likely N-dealkylation sites (N-methyl/N-ethyl adjacent to an activating group) is 1. The van der Waals surface area contributed by atoms with E-state index in [1.807, 2.05) is 0 Å². The second-order valence-corrected chi connectivity index (χ2v) is 7.27. The fraction of sp³-hybridized carbons (Fsp3) is 0.286. The molecule has 2 heterocycles. The molecule has 0 spiro atoms. The summed E-state index contributed by atoms with van der Waals surface area (Å²) in [6.45, 7) is 3.12. The van der Waals surface area contributed by atoms with Crippen molar-refractivity contribution >= 4 is 28.3 Å². The monoisotopic (exact) mass is 434 g/mol. The number of halogens is 4.